The molecule has 0 aliphatic carbocycles. The van der Waals surface area contributed by atoms with Crippen molar-refractivity contribution in [2.24, 2.45) is 5.92 Å². The number of carbonyl (C=O) groups is 1. The number of likely N-dealkylation sites (tertiary alicyclic amines) is 1. The summed E-state index contributed by atoms with van der Waals surface area (Å²) >= 11 is 5.90. The molecule has 1 aromatic rings. The lowest BCUT2D eigenvalue weighted by molar-refractivity contribution is 0.0159. The van der Waals surface area contributed by atoms with Gasteiger partial charge in [0.25, 0.3) is 0 Å². The van der Waals surface area contributed by atoms with Gasteiger partial charge < -0.3 is 14.4 Å². The predicted octanol–water partition coefficient (Wildman–Crippen LogP) is 4.24. The van der Waals surface area contributed by atoms with Gasteiger partial charge in [0.05, 0.1) is 6.61 Å². The van der Waals surface area contributed by atoms with Crippen molar-refractivity contribution in [1.82, 2.24) is 14.9 Å². The maximum atomic E-state index is 12.2. The minimum Gasteiger partial charge on any atom is -0.463 e. The van der Waals surface area contributed by atoms with Crippen LogP contribution in [0, 0.1) is 12.8 Å². The monoisotopic (exact) mass is 369 g/mol. The van der Waals surface area contributed by atoms with E-state index in [4.69, 9.17) is 21.1 Å². The zero-order valence-electron chi connectivity index (χ0n) is 15.5. The van der Waals surface area contributed by atoms with Gasteiger partial charge >= 0.3 is 12.1 Å². The van der Waals surface area contributed by atoms with Gasteiger partial charge in [0.1, 0.15) is 10.8 Å². The number of hydrogen-bond acceptors (Lipinski definition) is 5. The maximum absolute atomic E-state index is 12.2. The Morgan fingerprint density at radius 1 is 1.40 bits per heavy atom. The molecule has 25 heavy (non-hydrogen) atoms. The van der Waals surface area contributed by atoms with Crippen molar-refractivity contribution in [2.75, 3.05) is 19.7 Å². The van der Waals surface area contributed by atoms with E-state index in [1.54, 1.807) is 6.07 Å². The third kappa shape index (κ3) is 7.06. The highest BCUT2D eigenvalue weighted by molar-refractivity contribution is 6.29. The lowest BCUT2D eigenvalue weighted by atomic mass is 9.94. The maximum Gasteiger partial charge on any atom is 0.410 e. The van der Waals surface area contributed by atoms with Gasteiger partial charge in [0.2, 0.25) is 0 Å². The molecule has 1 saturated heterocycles. The van der Waals surface area contributed by atoms with Gasteiger partial charge in [-0.25, -0.2) is 9.78 Å². The van der Waals surface area contributed by atoms with Gasteiger partial charge in [-0.2, -0.15) is 4.98 Å². The van der Waals surface area contributed by atoms with E-state index in [1.807, 2.05) is 32.6 Å². The summed E-state index contributed by atoms with van der Waals surface area (Å²) in [4.78, 5) is 22.3. The predicted molar refractivity (Wildman–Crippen MR) is 97.0 cm³/mol. The van der Waals surface area contributed by atoms with Crippen LogP contribution in [0.5, 0.6) is 6.01 Å². The molecule has 1 aliphatic rings. The second kappa shape index (κ2) is 8.70. The summed E-state index contributed by atoms with van der Waals surface area (Å²) in [6.45, 7) is 9.60. The minimum atomic E-state index is -0.451. The molecule has 1 fully saturated rings. The van der Waals surface area contributed by atoms with E-state index < -0.39 is 5.60 Å². The van der Waals surface area contributed by atoms with E-state index >= 15 is 0 Å². The number of rotatable bonds is 5. The van der Waals surface area contributed by atoms with E-state index in [0.29, 0.717) is 23.7 Å². The summed E-state index contributed by atoms with van der Waals surface area (Å²) in [5, 5.41) is 0.391. The van der Waals surface area contributed by atoms with Crippen LogP contribution in [-0.4, -0.2) is 46.3 Å². The Bertz CT molecular complexity index is 569. The fraction of sp³-hybridized carbons (Fsp3) is 0.722. The number of carbonyl (C=O) groups excluding carboxylic acids is 1. The number of aromatic nitrogens is 2. The van der Waals surface area contributed by atoms with Crippen molar-refractivity contribution in [1.29, 1.82) is 0 Å². The Labute approximate surface area is 154 Å². The van der Waals surface area contributed by atoms with Gasteiger partial charge in [-0.15, -0.1) is 0 Å². The lowest BCUT2D eigenvalue weighted by Gasteiger charge is -2.34. The van der Waals surface area contributed by atoms with E-state index in [9.17, 15) is 4.79 Å². The van der Waals surface area contributed by atoms with E-state index in [-0.39, 0.29) is 6.09 Å². The van der Waals surface area contributed by atoms with Gasteiger partial charge in [-0.3, -0.25) is 0 Å². The Morgan fingerprint density at radius 3 is 2.84 bits per heavy atom. The molecule has 1 aliphatic heterocycles. The van der Waals surface area contributed by atoms with Crippen molar-refractivity contribution in [2.45, 2.75) is 59.0 Å². The molecule has 0 bridgehead atoms. The van der Waals surface area contributed by atoms with Crippen molar-refractivity contribution in [3.8, 4) is 6.01 Å². The highest BCUT2D eigenvalue weighted by atomic mass is 35.5. The fourth-order valence-corrected chi connectivity index (χ4v) is 3.13. The molecule has 6 nitrogen and oxygen atoms in total. The molecule has 140 valence electrons. The summed E-state index contributed by atoms with van der Waals surface area (Å²) in [5.74, 6) is 0.479. The Balaban J connectivity index is 1.72. The number of nitrogens with zero attached hydrogens (tertiary/aromatic N) is 3. The molecule has 1 atom stereocenters. The number of halogens is 1. The Morgan fingerprint density at radius 2 is 2.16 bits per heavy atom. The zero-order valence-corrected chi connectivity index (χ0v) is 16.3. The lowest BCUT2D eigenvalue weighted by Crippen LogP contribution is -2.42. The van der Waals surface area contributed by atoms with Crippen LogP contribution in [0.25, 0.3) is 0 Å². The molecular formula is C18H28ClN3O3. The summed E-state index contributed by atoms with van der Waals surface area (Å²) in [6, 6.07) is 2.02. The second-order valence-corrected chi connectivity index (χ2v) is 7.93. The Kier molecular flexibility index (Phi) is 6.87. The van der Waals surface area contributed by atoms with E-state index in [1.165, 1.54) is 0 Å². The first-order valence-electron chi connectivity index (χ1n) is 8.85. The van der Waals surface area contributed by atoms with E-state index in [0.717, 1.165) is 44.5 Å². The molecular weight excluding hydrogens is 342 g/mol. The molecule has 0 unspecified atom stereocenters. The van der Waals surface area contributed by atoms with Crippen LogP contribution in [0.15, 0.2) is 6.07 Å². The van der Waals surface area contributed by atoms with Crippen LogP contribution in [0.3, 0.4) is 0 Å². The SMILES string of the molecule is Cc1cc(Cl)nc(OCCC[C@@H]2CCCN(C(=O)OC(C)(C)C)C2)n1. The highest BCUT2D eigenvalue weighted by Crippen LogP contribution is 2.23. The number of piperidine rings is 1. The third-order valence-corrected chi connectivity index (χ3v) is 4.15. The number of hydrogen-bond donors (Lipinski definition) is 0. The Hall–Kier alpha value is -1.56. The fourth-order valence-electron chi connectivity index (χ4n) is 2.90. The standard InChI is InChI=1S/C18H28ClN3O3/c1-13-11-15(19)21-16(20-13)24-10-6-8-14-7-5-9-22(12-14)17(23)25-18(2,3)4/h11,14H,5-10,12H2,1-4H3/t14-/m0/s1. The normalized spacial score (nSPS) is 18.1. The molecule has 0 aromatic carbocycles. The van der Waals surface area contributed by atoms with Gasteiger partial charge in [0.15, 0.2) is 0 Å². The second-order valence-electron chi connectivity index (χ2n) is 7.54. The first kappa shape index (κ1) is 19.8. The first-order chi connectivity index (χ1) is 11.7. The van der Waals surface area contributed by atoms with Crippen LogP contribution in [0.2, 0.25) is 5.15 Å². The molecule has 1 amide bonds. The van der Waals surface area contributed by atoms with Crippen molar-refractivity contribution >= 4 is 17.7 Å². The van der Waals surface area contributed by atoms with Crippen molar-refractivity contribution < 1.29 is 14.3 Å². The third-order valence-electron chi connectivity index (χ3n) is 3.96. The van der Waals surface area contributed by atoms with Crippen LogP contribution < -0.4 is 4.74 Å². The molecule has 0 spiro atoms. The number of aryl methyl sites for hydroxylation is 1. The van der Waals surface area contributed by atoms with Crippen LogP contribution in [-0.2, 0) is 4.74 Å². The van der Waals surface area contributed by atoms with Crippen LogP contribution in [0.1, 0.15) is 52.1 Å². The molecule has 0 radical (unpaired) electrons. The average molecular weight is 370 g/mol. The highest BCUT2D eigenvalue weighted by Gasteiger charge is 2.27. The summed E-state index contributed by atoms with van der Waals surface area (Å²) in [7, 11) is 0. The van der Waals surface area contributed by atoms with Crippen LogP contribution >= 0.6 is 11.6 Å². The zero-order chi connectivity index (χ0) is 18.4. The van der Waals surface area contributed by atoms with Gasteiger partial charge in [-0.05, 0) is 65.4 Å². The van der Waals surface area contributed by atoms with Crippen molar-refractivity contribution in [3.05, 3.63) is 16.9 Å². The van der Waals surface area contributed by atoms with E-state index in [2.05, 4.69) is 9.97 Å². The van der Waals surface area contributed by atoms with Crippen LogP contribution in [0.4, 0.5) is 4.79 Å². The summed E-state index contributed by atoms with van der Waals surface area (Å²) in [6.07, 6.45) is 3.82. The quantitative estimate of drug-likeness (QED) is 0.573. The minimum absolute atomic E-state index is 0.212. The summed E-state index contributed by atoms with van der Waals surface area (Å²) < 4.78 is 11.1. The first-order valence-corrected chi connectivity index (χ1v) is 9.22. The molecule has 1 aromatic heterocycles. The molecule has 7 heteroatoms. The number of ether oxygens (including phenoxy) is 2. The smallest absolute Gasteiger partial charge is 0.410 e. The average Bonchev–Trinajstić information content (AvgIpc) is 2.49. The molecule has 0 N–H and O–H groups in total. The largest absolute Gasteiger partial charge is 0.463 e. The van der Waals surface area contributed by atoms with Gasteiger partial charge in [-0.1, -0.05) is 11.6 Å². The van der Waals surface area contributed by atoms with Crippen molar-refractivity contribution in [3.63, 3.8) is 0 Å². The molecule has 2 rings (SSSR count). The molecule has 0 saturated carbocycles. The number of amides is 1. The molecule has 2 heterocycles. The topological polar surface area (TPSA) is 64.5 Å². The summed E-state index contributed by atoms with van der Waals surface area (Å²) in [5.41, 5.74) is 0.336. The van der Waals surface area contributed by atoms with Gasteiger partial charge in [0, 0.05) is 18.8 Å².